The minimum absolute atomic E-state index is 0.432. The van der Waals surface area contributed by atoms with Crippen molar-refractivity contribution in [2.75, 3.05) is 7.05 Å². The molecule has 1 aromatic carbocycles. The number of rotatable bonds is 4. The van der Waals surface area contributed by atoms with Gasteiger partial charge >= 0.3 is 5.97 Å². The summed E-state index contributed by atoms with van der Waals surface area (Å²) >= 11 is 0. The SMILES string of the molecule is CN(C1CCC1)C(C(=O)O)c1ccccc1. The van der Waals surface area contributed by atoms with E-state index < -0.39 is 12.0 Å². The third-order valence-electron chi connectivity index (χ3n) is 3.41. The van der Waals surface area contributed by atoms with Crippen LogP contribution >= 0.6 is 0 Å². The highest BCUT2D eigenvalue weighted by Gasteiger charge is 2.32. The van der Waals surface area contributed by atoms with Crippen molar-refractivity contribution < 1.29 is 9.90 Å². The number of likely N-dealkylation sites (N-methyl/N-ethyl adjacent to an activating group) is 1. The fraction of sp³-hybridized carbons (Fsp3) is 0.462. The van der Waals surface area contributed by atoms with Crippen molar-refractivity contribution in [1.29, 1.82) is 0 Å². The Morgan fingerprint density at radius 2 is 2.00 bits per heavy atom. The minimum atomic E-state index is -0.763. The van der Waals surface area contributed by atoms with Gasteiger partial charge in [-0.25, -0.2) is 0 Å². The molecule has 0 amide bonds. The van der Waals surface area contributed by atoms with Crippen molar-refractivity contribution in [1.82, 2.24) is 4.90 Å². The van der Waals surface area contributed by atoms with E-state index >= 15 is 0 Å². The number of nitrogens with zero attached hydrogens (tertiary/aromatic N) is 1. The van der Waals surface area contributed by atoms with Gasteiger partial charge in [-0.1, -0.05) is 36.8 Å². The van der Waals surface area contributed by atoms with E-state index in [4.69, 9.17) is 0 Å². The first kappa shape index (κ1) is 11.1. The lowest BCUT2D eigenvalue weighted by atomic mass is 9.89. The number of hydrogen-bond donors (Lipinski definition) is 1. The van der Waals surface area contributed by atoms with Gasteiger partial charge in [0.2, 0.25) is 0 Å². The van der Waals surface area contributed by atoms with Crippen LogP contribution in [0.5, 0.6) is 0 Å². The molecule has 0 bridgehead atoms. The van der Waals surface area contributed by atoms with E-state index in [1.54, 1.807) is 0 Å². The van der Waals surface area contributed by atoms with Crippen LogP contribution in [0.2, 0.25) is 0 Å². The van der Waals surface area contributed by atoms with E-state index in [0.717, 1.165) is 18.4 Å². The molecule has 0 saturated heterocycles. The molecule has 1 aromatic rings. The lowest BCUT2D eigenvalue weighted by molar-refractivity contribution is -0.144. The Kier molecular flexibility index (Phi) is 3.25. The molecule has 1 saturated carbocycles. The molecule has 0 spiro atoms. The normalized spacial score (nSPS) is 18.1. The standard InChI is InChI=1S/C13H17NO2/c1-14(11-8-5-9-11)12(13(15)16)10-6-3-2-4-7-10/h2-4,6-7,11-12H,5,8-9H2,1H3,(H,15,16). The summed E-state index contributed by atoms with van der Waals surface area (Å²) in [5, 5.41) is 9.32. The predicted octanol–water partition coefficient (Wildman–Crippen LogP) is 2.30. The Morgan fingerprint density at radius 1 is 1.38 bits per heavy atom. The van der Waals surface area contributed by atoms with Crippen LogP contribution in [-0.2, 0) is 4.79 Å². The van der Waals surface area contributed by atoms with Crippen molar-refractivity contribution >= 4 is 5.97 Å². The lowest BCUT2D eigenvalue weighted by Gasteiger charge is -2.38. The van der Waals surface area contributed by atoms with Gasteiger partial charge in [0.05, 0.1) is 0 Å². The second kappa shape index (κ2) is 4.66. The maximum atomic E-state index is 11.3. The Balaban J connectivity index is 2.20. The van der Waals surface area contributed by atoms with Crippen LogP contribution in [0.3, 0.4) is 0 Å². The van der Waals surface area contributed by atoms with Crippen molar-refractivity contribution in [2.45, 2.75) is 31.3 Å². The highest BCUT2D eigenvalue weighted by atomic mass is 16.4. The summed E-state index contributed by atoms with van der Waals surface area (Å²) in [5.74, 6) is -0.763. The molecular weight excluding hydrogens is 202 g/mol. The van der Waals surface area contributed by atoms with Crippen LogP contribution in [0.1, 0.15) is 30.9 Å². The second-order valence-electron chi connectivity index (χ2n) is 4.40. The molecule has 3 nitrogen and oxygen atoms in total. The lowest BCUT2D eigenvalue weighted by Crippen LogP contribution is -2.42. The monoisotopic (exact) mass is 219 g/mol. The summed E-state index contributed by atoms with van der Waals surface area (Å²) in [6.45, 7) is 0. The number of carboxylic acids is 1. The van der Waals surface area contributed by atoms with Crippen LogP contribution in [0.4, 0.5) is 0 Å². The number of hydrogen-bond acceptors (Lipinski definition) is 2. The number of aliphatic carboxylic acids is 1. The highest BCUT2D eigenvalue weighted by molar-refractivity contribution is 5.75. The van der Waals surface area contributed by atoms with E-state index in [9.17, 15) is 9.90 Å². The van der Waals surface area contributed by atoms with Crippen LogP contribution in [0.15, 0.2) is 30.3 Å². The fourth-order valence-electron chi connectivity index (χ4n) is 2.19. The molecule has 0 heterocycles. The van der Waals surface area contributed by atoms with Crippen LogP contribution < -0.4 is 0 Å². The summed E-state index contributed by atoms with van der Waals surface area (Å²) in [4.78, 5) is 13.3. The molecule has 0 aromatic heterocycles. The zero-order chi connectivity index (χ0) is 11.5. The smallest absolute Gasteiger partial charge is 0.325 e. The molecule has 0 aliphatic heterocycles. The zero-order valence-electron chi connectivity index (χ0n) is 9.47. The summed E-state index contributed by atoms with van der Waals surface area (Å²) in [5.41, 5.74) is 0.865. The first-order valence-electron chi connectivity index (χ1n) is 5.70. The predicted molar refractivity (Wildman–Crippen MR) is 62.2 cm³/mol. The Hall–Kier alpha value is -1.35. The second-order valence-corrected chi connectivity index (χ2v) is 4.40. The van der Waals surface area contributed by atoms with Gasteiger partial charge in [0, 0.05) is 6.04 Å². The van der Waals surface area contributed by atoms with Gasteiger partial charge in [-0.15, -0.1) is 0 Å². The molecule has 16 heavy (non-hydrogen) atoms. The van der Waals surface area contributed by atoms with E-state index in [1.807, 2.05) is 42.3 Å². The summed E-state index contributed by atoms with van der Waals surface area (Å²) in [7, 11) is 1.91. The maximum absolute atomic E-state index is 11.3. The van der Waals surface area contributed by atoms with Crippen LogP contribution in [-0.4, -0.2) is 29.1 Å². The van der Waals surface area contributed by atoms with E-state index in [0.29, 0.717) is 6.04 Å². The van der Waals surface area contributed by atoms with Gasteiger partial charge in [-0.3, -0.25) is 9.69 Å². The fourth-order valence-corrected chi connectivity index (χ4v) is 2.19. The molecule has 1 fully saturated rings. The number of carbonyl (C=O) groups is 1. The highest BCUT2D eigenvalue weighted by Crippen LogP contribution is 2.30. The van der Waals surface area contributed by atoms with E-state index in [2.05, 4.69) is 0 Å². The van der Waals surface area contributed by atoms with Gasteiger partial charge in [0.15, 0.2) is 0 Å². The molecule has 86 valence electrons. The summed E-state index contributed by atoms with van der Waals surface area (Å²) in [6, 6.07) is 9.38. The van der Waals surface area contributed by atoms with Gasteiger partial charge in [0.25, 0.3) is 0 Å². The third kappa shape index (κ3) is 2.09. The Bertz CT molecular complexity index is 359. The summed E-state index contributed by atoms with van der Waals surface area (Å²) < 4.78 is 0. The largest absolute Gasteiger partial charge is 0.480 e. The quantitative estimate of drug-likeness (QED) is 0.844. The average Bonchev–Trinajstić information content (AvgIpc) is 2.16. The Labute approximate surface area is 95.7 Å². The van der Waals surface area contributed by atoms with Crippen LogP contribution in [0, 0.1) is 0 Å². The molecule has 1 aliphatic carbocycles. The minimum Gasteiger partial charge on any atom is -0.480 e. The first-order valence-corrected chi connectivity index (χ1v) is 5.70. The topological polar surface area (TPSA) is 40.5 Å². The maximum Gasteiger partial charge on any atom is 0.325 e. The average molecular weight is 219 g/mol. The van der Waals surface area contributed by atoms with Crippen LogP contribution in [0.25, 0.3) is 0 Å². The molecule has 1 unspecified atom stereocenters. The molecule has 2 rings (SSSR count). The molecule has 0 radical (unpaired) electrons. The van der Waals surface area contributed by atoms with Crippen molar-refractivity contribution in [2.24, 2.45) is 0 Å². The van der Waals surface area contributed by atoms with Crippen molar-refractivity contribution in [3.63, 3.8) is 0 Å². The molecular formula is C13H17NO2. The molecule has 1 N–H and O–H groups in total. The Morgan fingerprint density at radius 3 is 2.44 bits per heavy atom. The third-order valence-corrected chi connectivity index (χ3v) is 3.41. The van der Waals surface area contributed by atoms with Gasteiger partial charge < -0.3 is 5.11 Å². The zero-order valence-corrected chi connectivity index (χ0v) is 9.47. The van der Waals surface area contributed by atoms with Gasteiger partial charge in [-0.2, -0.15) is 0 Å². The first-order chi connectivity index (χ1) is 7.70. The van der Waals surface area contributed by atoms with Crippen molar-refractivity contribution in [3.8, 4) is 0 Å². The van der Waals surface area contributed by atoms with Crippen molar-refractivity contribution in [3.05, 3.63) is 35.9 Å². The molecule has 1 atom stereocenters. The van der Waals surface area contributed by atoms with E-state index in [1.165, 1.54) is 6.42 Å². The summed E-state index contributed by atoms with van der Waals surface area (Å²) in [6.07, 6.45) is 3.45. The number of carboxylic acid groups (broad SMARTS) is 1. The van der Waals surface area contributed by atoms with Gasteiger partial charge in [-0.05, 0) is 25.5 Å². The van der Waals surface area contributed by atoms with Gasteiger partial charge in [0.1, 0.15) is 6.04 Å². The molecule has 1 aliphatic rings. The van der Waals surface area contributed by atoms with E-state index in [-0.39, 0.29) is 0 Å². The number of benzene rings is 1. The molecule has 3 heteroatoms.